The van der Waals surface area contributed by atoms with E-state index in [1.165, 1.54) is 12.1 Å². The molecule has 1 N–H and O–H groups in total. The second-order valence-electron chi connectivity index (χ2n) is 6.36. The Morgan fingerprint density at radius 1 is 1.13 bits per heavy atom. The minimum Gasteiger partial charge on any atom is -0.497 e. The third-order valence-corrected chi connectivity index (χ3v) is 6.08. The summed E-state index contributed by atoms with van der Waals surface area (Å²) in [4.78, 5) is 4.32. The summed E-state index contributed by atoms with van der Waals surface area (Å²) in [6, 6.07) is 11.4. The highest BCUT2D eigenvalue weighted by atomic mass is 32.2. The van der Waals surface area contributed by atoms with Crippen LogP contribution in [-0.4, -0.2) is 40.3 Å². The summed E-state index contributed by atoms with van der Waals surface area (Å²) in [7, 11) is -2.43. The maximum absolute atomic E-state index is 13.3. The second-order valence-corrected chi connectivity index (χ2v) is 8.23. The van der Waals surface area contributed by atoms with Gasteiger partial charge in [-0.15, -0.1) is 6.58 Å². The molecule has 3 aromatic rings. The number of fused-ring (bicyclic) bond motifs is 1. The molecule has 0 saturated heterocycles. The molecule has 0 aliphatic carbocycles. The van der Waals surface area contributed by atoms with Crippen molar-refractivity contribution in [3.63, 3.8) is 0 Å². The van der Waals surface area contributed by atoms with E-state index in [1.807, 2.05) is 0 Å². The lowest BCUT2D eigenvalue weighted by molar-refractivity contribution is 0.171. The predicted molar refractivity (Wildman–Crippen MR) is 110 cm³/mol. The van der Waals surface area contributed by atoms with Crippen molar-refractivity contribution in [1.82, 2.24) is 4.98 Å². The number of nitrogens with one attached hydrogen (secondary N) is 1. The van der Waals surface area contributed by atoms with Gasteiger partial charge in [-0.25, -0.2) is 8.42 Å². The van der Waals surface area contributed by atoms with Crippen molar-refractivity contribution >= 4 is 15.7 Å². The van der Waals surface area contributed by atoms with E-state index in [1.54, 1.807) is 43.5 Å². The molecule has 156 valence electrons. The average molecular weight is 428 g/mol. The first kappa shape index (κ1) is 19.8. The van der Waals surface area contributed by atoms with E-state index in [-0.39, 0.29) is 21.7 Å². The molecule has 1 aliphatic heterocycles. The molecule has 1 aromatic heterocycles. The van der Waals surface area contributed by atoms with Gasteiger partial charge in [0.15, 0.2) is 11.5 Å². The van der Waals surface area contributed by atoms with Crippen LogP contribution >= 0.6 is 0 Å². The molecule has 30 heavy (non-hydrogen) atoms. The van der Waals surface area contributed by atoms with E-state index in [4.69, 9.17) is 18.6 Å². The first-order chi connectivity index (χ1) is 14.5. The molecule has 0 amide bonds. The Labute approximate surface area is 174 Å². The van der Waals surface area contributed by atoms with Gasteiger partial charge in [-0.1, -0.05) is 6.08 Å². The first-order valence-electron chi connectivity index (χ1n) is 9.17. The maximum atomic E-state index is 13.3. The number of rotatable bonds is 7. The van der Waals surface area contributed by atoms with Gasteiger partial charge >= 0.3 is 0 Å². The Morgan fingerprint density at radius 3 is 2.57 bits per heavy atom. The van der Waals surface area contributed by atoms with Gasteiger partial charge in [0.1, 0.15) is 19.0 Å². The lowest BCUT2D eigenvalue weighted by Crippen LogP contribution is -2.16. The molecule has 0 spiro atoms. The van der Waals surface area contributed by atoms with Gasteiger partial charge in [-0.05, 0) is 36.4 Å². The van der Waals surface area contributed by atoms with Crippen molar-refractivity contribution in [2.24, 2.45) is 0 Å². The summed E-state index contributed by atoms with van der Waals surface area (Å²) in [6.45, 7) is 4.72. The van der Waals surface area contributed by atoms with Crippen LogP contribution in [0.1, 0.15) is 0 Å². The minimum absolute atomic E-state index is 0.0305. The number of hydrogen-bond acceptors (Lipinski definition) is 8. The summed E-state index contributed by atoms with van der Waals surface area (Å²) in [5.41, 5.74) is 0.612. The Kier molecular flexibility index (Phi) is 5.37. The van der Waals surface area contributed by atoms with Crippen LogP contribution in [0.3, 0.4) is 0 Å². The molecular formula is C21H20N2O6S. The quantitative estimate of drug-likeness (QED) is 0.571. The third-order valence-electron chi connectivity index (χ3n) is 4.42. The van der Waals surface area contributed by atoms with Crippen LogP contribution in [0.25, 0.3) is 11.5 Å². The Hall–Kier alpha value is -3.46. The van der Waals surface area contributed by atoms with E-state index in [0.717, 1.165) is 0 Å². The fraction of sp³-hybridized carbons (Fsp3) is 0.190. The van der Waals surface area contributed by atoms with Crippen molar-refractivity contribution in [1.29, 1.82) is 0 Å². The zero-order valence-electron chi connectivity index (χ0n) is 16.3. The number of anilines is 1. The SMILES string of the molecule is C=CCNc1oc(-c2ccc(OC)cc2)nc1S(=O)(=O)c1ccc2c(c1)OCCO2. The van der Waals surface area contributed by atoms with E-state index >= 15 is 0 Å². The third kappa shape index (κ3) is 3.71. The summed E-state index contributed by atoms with van der Waals surface area (Å²) >= 11 is 0. The molecular weight excluding hydrogens is 408 g/mol. The number of hydrogen-bond donors (Lipinski definition) is 1. The highest BCUT2D eigenvalue weighted by Gasteiger charge is 2.30. The lowest BCUT2D eigenvalue weighted by Gasteiger charge is -2.18. The number of nitrogens with zero attached hydrogens (tertiary/aromatic N) is 1. The van der Waals surface area contributed by atoms with E-state index in [2.05, 4.69) is 16.9 Å². The molecule has 0 fully saturated rings. The van der Waals surface area contributed by atoms with Gasteiger partial charge in [0.2, 0.25) is 26.6 Å². The van der Waals surface area contributed by atoms with Crippen molar-refractivity contribution in [2.75, 3.05) is 32.2 Å². The number of benzene rings is 2. The van der Waals surface area contributed by atoms with Crippen LogP contribution < -0.4 is 19.5 Å². The van der Waals surface area contributed by atoms with Crippen LogP contribution in [0.4, 0.5) is 5.88 Å². The molecule has 4 rings (SSSR count). The summed E-state index contributed by atoms with van der Waals surface area (Å²) in [5, 5.41) is 2.69. The molecule has 1 aliphatic rings. The zero-order chi connectivity index (χ0) is 21.1. The number of aromatic nitrogens is 1. The second kappa shape index (κ2) is 8.11. The monoisotopic (exact) mass is 428 g/mol. The smallest absolute Gasteiger partial charge is 0.234 e. The molecule has 0 atom stereocenters. The number of sulfone groups is 1. The van der Waals surface area contributed by atoms with Gasteiger partial charge in [0.25, 0.3) is 0 Å². The molecule has 0 unspecified atom stereocenters. The van der Waals surface area contributed by atoms with Crippen LogP contribution in [0.15, 0.2) is 69.5 Å². The number of methoxy groups -OCH3 is 1. The van der Waals surface area contributed by atoms with Gasteiger partial charge in [-0.2, -0.15) is 4.98 Å². The normalized spacial score (nSPS) is 13.0. The predicted octanol–water partition coefficient (Wildman–Crippen LogP) is 3.55. The Balaban J connectivity index is 1.77. The fourth-order valence-corrected chi connectivity index (χ4v) is 4.22. The number of oxazole rings is 1. The van der Waals surface area contributed by atoms with E-state index < -0.39 is 9.84 Å². The highest BCUT2D eigenvalue weighted by Crippen LogP contribution is 2.37. The topological polar surface area (TPSA) is 99.9 Å². The molecule has 8 nitrogen and oxygen atoms in total. The standard InChI is InChI=1S/C21H20N2O6S/c1-3-10-22-20-21(23-19(29-20)14-4-6-15(26-2)7-5-14)30(24,25)16-8-9-17-18(13-16)28-12-11-27-17/h3-9,13,22H,1,10-12H2,2H3. The summed E-state index contributed by atoms with van der Waals surface area (Å²) in [5.74, 6) is 1.75. The molecule has 0 bridgehead atoms. The number of ether oxygens (including phenoxy) is 3. The maximum Gasteiger partial charge on any atom is 0.234 e. The van der Waals surface area contributed by atoms with Crippen molar-refractivity contribution in [3.8, 4) is 28.7 Å². The molecule has 9 heteroatoms. The van der Waals surface area contributed by atoms with E-state index in [9.17, 15) is 8.42 Å². The van der Waals surface area contributed by atoms with E-state index in [0.29, 0.717) is 42.6 Å². The largest absolute Gasteiger partial charge is 0.497 e. The Morgan fingerprint density at radius 2 is 1.87 bits per heavy atom. The van der Waals surface area contributed by atoms with Crippen molar-refractivity contribution in [3.05, 3.63) is 55.1 Å². The molecule has 2 heterocycles. The minimum atomic E-state index is -4.00. The lowest BCUT2D eigenvalue weighted by atomic mass is 10.2. The average Bonchev–Trinajstić information content (AvgIpc) is 3.22. The summed E-state index contributed by atoms with van der Waals surface area (Å²) < 4.78 is 48.6. The first-order valence-corrected chi connectivity index (χ1v) is 10.7. The van der Waals surface area contributed by atoms with Gasteiger partial charge in [-0.3, -0.25) is 0 Å². The van der Waals surface area contributed by atoms with Crippen LogP contribution in [0, 0.1) is 0 Å². The van der Waals surface area contributed by atoms with Crippen LogP contribution in [0.2, 0.25) is 0 Å². The van der Waals surface area contributed by atoms with Gasteiger partial charge < -0.3 is 23.9 Å². The fourth-order valence-electron chi connectivity index (χ4n) is 2.92. The zero-order valence-corrected chi connectivity index (χ0v) is 17.1. The van der Waals surface area contributed by atoms with Crippen LogP contribution in [0.5, 0.6) is 17.2 Å². The molecule has 0 saturated carbocycles. The molecule has 0 radical (unpaired) electrons. The Bertz CT molecular complexity index is 1170. The molecule has 2 aromatic carbocycles. The summed E-state index contributed by atoms with van der Waals surface area (Å²) in [6.07, 6.45) is 1.59. The van der Waals surface area contributed by atoms with Crippen molar-refractivity contribution < 1.29 is 27.0 Å². The van der Waals surface area contributed by atoms with Gasteiger partial charge in [0.05, 0.1) is 12.0 Å². The van der Waals surface area contributed by atoms with Crippen molar-refractivity contribution in [2.45, 2.75) is 9.92 Å². The highest BCUT2D eigenvalue weighted by molar-refractivity contribution is 7.91. The van der Waals surface area contributed by atoms with Crippen LogP contribution in [-0.2, 0) is 9.84 Å². The van der Waals surface area contributed by atoms with Gasteiger partial charge in [0, 0.05) is 18.2 Å².